The largest absolute Gasteiger partial charge is 0.497 e. The second-order valence-electron chi connectivity index (χ2n) is 6.56. The van der Waals surface area contributed by atoms with Gasteiger partial charge in [0.2, 0.25) is 0 Å². The second kappa shape index (κ2) is 9.21. The van der Waals surface area contributed by atoms with Crippen LogP contribution in [-0.4, -0.2) is 32.8 Å². The summed E-state index contributed by atoms with van der Waals surface area (Å²) in [6.45, 7) is 4.02. The predicted octanol–water partition coefficient (Wildman–Crippen LogP) is 3.37. The second-order valence-corrected chi connectivity index (χ2v) is 6.56. The van der Waals surface area contributed by atoms with Gasteiger partial charge in [-0.05, 0) is 44.2 Å². The van der Waals surface area contributed by atoms with E-state index in [9.17, 15) is 9.59 Å². The highest BCUT2D eigenvalue weighted by Gasteiger charge is 2.33. The summed E-state index contributed by atoms with van der Waals surface area (Å²) in [5, 5.41) is 8.37. The van der Waals surface area contributed by atoms with Gasteiger partial charge in [-0.25, -0.2) is 4.79 Å². The summed E-state index contributed by atoms with van der Waals surface area (Å²) in [7, 11) is 3.08. The Hall–Kier alpha value is -3.68. The van der Waals surface area contributed by atoms with Crippen molar-refractivity contribution in [1.29, 1.82) is 0 Å². The summed E-state index contributed by atoms with van der Waals surface area (Å²) in [5.41, 5.74) is 1.94. The van der Waals surface area contributed by atoms with E-state index in [0.717, 1.165) is 0 Å². The molecule has 0 bridgehead atoms. The summed E-state index contributed by atoms with van der Waals surface area (Å²) >= 11 is 0. The molecule has 1 heterocycles. The molecule has 30 heavy (non-hydrogen) atoms. The molecule has 2 aromatic carbocycles. The molecule has 3 rings (SSSR count). The van der Waals surface area contributed by atoms with Crippen LogP contribution in [0.25, 0.3) is 0 Å². The molecule has 0 saturated carbocycles. The van der Waals surface area contributed by atoms with Crippen LogP contribution in [0.4, 0.5) is 10.5 Å². The fourth-order valence-electron chi connectivity index (χ4n) is 3.33. The molecular weight excluding hydrogens is 386 g/mol. The number of urea groups is 1. The van der Waals surface area contributed by atoms with Crippen molar-refractivity contribution in [2.75, 3.05) is 26.1 Å². The van der Waals surface area contributed by atoms with Gasteiger partial charge in [-0.3, -0.25) is 4.79 Å². The van der Waals surface area contributed by atoms with Gasteiger partial charge >= 0.3 is 6.03 Å². The average Bonchev–Trinajstić information content (AvgIpc) is 2.74. The van der Waals surface area contributed by atoms with Crippen LogP contribution in [0, 0.1) is 0 Å². The van der Waals surface area contributed by atoms with Crippen molar-refractivity contribution < 1.29 is 23.8 Å². The summed E-state index contributed by atoms with van der Waals surface area (Å²) in [5.74, 6) is 1.30. The van der Waals surface area contributed by atoms with Crippen LogP contribution in [0.2, 0.25) is 0 Å². The number of anilines is 1. The molecule has 0 fully saturated rings. The van der Waals surface area contributed by atoms with Crippen molar-refractivity contribution in [2.45, 2.75) is 19.9 Å². The smallest absolute Gasteiger partial charge is 0.319 e. The Kier molecular flexibility index (Phi) is 6.46. The van der Waals surface area contributed by atoms with Gasteiger partial charge in [0.25, 0.3) is 5.91 Å². The first-order valence-corrected chi connectivity index (χ1v) is 9.51. The lowest BCUT2D eigenvalue weighted by molar-refractivity contribution is -0.113. The Labute approximate surface area is 175 Å². The molecule has 1 atom stereocenters. The van der Waals surface area contributed by atoms with Crippen LogP contribution >= 0.6 is 0 Å². The van der Waals surface area contributed by atoms with Gasteiger partial charge in [-0.15, -0.1) is 0 Å². The lowest BCUT2D eigenvalue weighted by Crippen LogP contribution is -2.46. The molecule has 0 aliphatic carbocycles. The first kappa shape index (κ1) is 21.0. The molecule has 2 aromatic rings. The van der Waals surface area contributed by atoms with Crippen molar-refractivity contribution in [1.82, 2.24) is 10.6 Å². The number of nitrogens with one attached hydrogen (secondary N) is 3. The van der Waals surface area contributed by atoms with E-state index in [2.05, 4.69) is 16.0 Å². The molecule has 8 heteroatoms. The zero-order valence-corrected chi connectivity index (χ0v) is 17.4. The van der Waals surface area contributed by atoms with Crippen LogP contribution in [-0.2, 0) is 4.79 Å². The van der Waals surface area contributed by atoms with Gasteiger partial charge in [0.1, 0.15) is 17.2 Å². The zero-order chi connectivity index (χ0) is 21.7. The van der Waals surface area contributed by atoms with E-state index in [4.69, 9.17) is 14.2 Å². The monoisotopic (exact) mass is 411 g/mol. The SMILES string of the molecule is CCOc1ccccc1NC(=O)C1=C(C)NC(=O)N[C@H]1c1cc(OC)ccc1OC. The van der Waals surface area contributed by atoms with Gasteiger partial charge in [-0.1, -0.05) is 12.1 Å². The quantitative estimate of drug-likeness (QED) is 0.649. The summed E-state index contributed by atoms with van der Waals surface area (Å²) in [6.07, 6.45) is 0. The molecule has 1 aliphatic heterocycles. The van der Waals surface area contributed by atoms with E-state index in [1.165, 1.54) is 7.11 Å². The molecule has 1 aliphatic rings. The van der Waals surface area contributed by atoms with E-state index in [0.29, 0.717) is 46.4 Å². The van der Waals surface area contributed by atoms with Gasteiger partial charge in [-0.2, -0.15) is 0 Å². The topological polar surface area (TPSA) is 97.9 Å². The third-order valence-corrected chi connectivity index (χ3v) is 4.70. The highest BCUT2D eigenvalue weighted by molar-refractivity contribution is 6.07. The summed E-state index contributed by atoms with van der Waals surface area (Å²) in [6, 6.07) is 11.3. The van der Waals surface area contributed by atoms with Crippen LogP contribution in [0.1, 0.15) is 25.5 Å². The number of carbonyl (C=O) groups is 2. The van der Waals surface area contributed by atoms with Crippen molar-refractivity contribution in [3.05, 3.63) is 59.3 Å². The number of rotatable bonds is 7. The Balaban J connectivity index is 2.02. The number of ether oxygens (including phenoxy) is 3. The van der Waals surface area contributed by atoms with Gasteiger partial charge in [0, 0.05) is 11.3 Å². The normalized spacial score (nSPS) is 15.7. The van der Waals surface area contributed by atoms with Crippen molar-refractivity contribution in [3.63, 3.8) is 0 Å². The Morgan fingerprint density at radius 1 is 1.10 bits per heavy atom. The van der Waals surface area contributed by atoms with Crippen molar-refractivity contribution in [3.8, 4) is 17.2 Å². The maximum absolute atomic E-state index is 13.3. The predicted molar refractivity (Wildman–Crippen MR) is 113 cm³/mol. The molecule has 3 amide bonds. The highest BCUT2D eigenvalue weighted by Crippen LogP contribution is 2.36. The third-order valence-electron chi connectivity index (χ3n) is 4.70. The van der Waals surface area contributed by atoms with Crippen LogP contribution in [0.5, 0.6) is 17.2 Å². The first-order chi connectivity index (χ1) is 14.5. The van der Waals surface area contributed by atoms with Crippen molar-refractivity contribution in [2.24, 2.45) is 0 Å². The fourth-order valence-corrected chi connectivity index (χ4v) is 3.33. The maximum Gasteiger partial charge on any atom is 0.319 e. The third kappa shape index (κ3) is 4.32. The first-order valence-electron chi connectivity index (χ1n) is 9.51. The molecule has 8 nitrogen and oxygen atoms in total. The molecule has 0 saturated heterocycles. The van der Waals surface area contributed by atoms with Crippen molar-refractivity contribution >= 4 is 17.6 Å². The summed E-state index contributed by atoms with van der Waals surface area (Å²) in [4.78, 5) is 25.5. The molecule has 3 N–H and O–H groups in total. The number of amides is 3. The number of methoxy groups -OCH3 is 2. The van der Waals surface area contributed by atoms with E-state index >= 15 is 0 Å². The average molecular weight is 411 g/mol. The van der Waals surface area contributed by atoms with Gasteiger partial charge in [0.05, 0.1) is 38.1 Å². The minimum absolute atomic E-state index is 0.354. The Morgan fingerprint density at radius 3 is 2.57 bits per heavy atom. The lowest BCUT2D eigenvalue weighted by atomic mass is 9.93. The Bertz CT molecular complexity index is 986. The van der Waals surface area contributed by atoms with E-state index < -0.39 is 12.1 Å². The number of para-hydroxylation sites is 2. The van der Waals surface area contributed by atoms with E-state index in [1.54, 1.807) is 44.4 Å². The number of hydrogen-bond acceptors (Lipinski definition) is 5. The molecule has 0 unspecified atom stereocenters. The van der Waals surface area contributed by atoms with Crippen LogP contribution < -0.4 is 30.2 Å². The standard InChI is InChI=1S/C22H25N3O5/c1-5-30-18-9-7-6-8-16(18)24-21(26)19-13(2)23-22(27)25-20(19)15-12-14(28-3)10-11-17(15)29-4/h6-12,20H,5H2,1-4H3,(H,24,26)(H2,23,25,27)/t20-/m0/s1. The molecule has 0 aromatic heterocycles. The molecule has 158 valence electrons. The van der Waals surface area contributed by atoms with E-state index in [1.807, 2.05) is 19.1 Å². The van der Waals surface area contributed by atoms with Gasteiger partial charge < -0.3 is 30.2 Å². The number of carbonyl (C=O) groups excluding carboxylic acids is 2. The van der Waals surface area contributed by atoms with Crippen LogP contribution in [0.3, 0.4) is 0 Å². The Morgan fingerprint density at radius 2 is 1.87 bits per heavy atom. The van der Waals surface area contributed by atoms with Gasteiger partial charge in [0.15, 0.2) is 0 Å². The lowest BCUT2D eigenvalue weighted by Gasteiger charge is -2.30. The highest BCUT2D eigenvalue weighted by atomic mass is 16.5. The number of allylic oxidation sites excluding steroid dienone is 1. The minimum atomic E-state index is -0.733. The molecular formula is C22H25N3O5. The number of hydrogen-bond donors (Lipinski definition) is 3. The molecule has 0 radical (unpaired) electrons. The summed E-state index contributed by atoms with van der Waals surface area (Å²) < 4.78 is 16.4. The fraction of sp³-hybridized carbons (Fsp3) is 0.273. The minimum Gasteiger partial charge on any atom is -0.497 e. The maximum atomic E-state index is 13.3. The molecule has 0 spiro atoms. The van der Waals surface area contributed by atoms with Crippen LogP contribution in [0.15, 0.2) is 53.7 Å². The zero-order valence-electron chi connectivity index (χ0n) is 17.4. The van der Waals surface area contributed by atoms with E-state index in [-0.39, 0.29) is 5.91 Å². The number of benzene rings is 2.